The lowest BCUT2D eigenvalue weighted by atomic mass is 9.95. The average molecular weight is 499 g/mol. The summed E-state index contributed by atoms with van der Waals surface area (Å²) in [7, 11) is 0. The zero-order chi connectivity index (χ0) is 24.4. The van der Waals surface area contributed by atoms with Crippen molar-refractivity contribution in [3.05, 3.63) is 74.1 Å². The quantitative estimate of drug-likeness (QED) is 0.349. The highest BCUT2D eigenvalue weighted by molar-refractivity contribution is 7.17. The van der Waals surface area contributed by atoms with Gasteiger partial charge in [0.1, 0.15) is 10.6 Å². The lowest BCUT2D eigenvalue weighted by molar-refractivity contribution is -0.117. The van der Waals surface area contributed by atoms with Crippen LogP contribution in [0.5, 0.6) is 5.75 Å². The number of rotatable bonds is 8. The van der Waals surface area contributed by atoms with Crippen LogP contribution in [0, 0.1) is 6.92 Å². The molecule has 4 rings (SSSR count). The Morgan fingerprint density at radius 2 is 1.97 bits per heavy atom. The fraction of sp³-hybridized carbons (Fsp3) is 0.250. The van der Waals surface area contributed by atoms with Crippen LogP contribution in [0.2, 0.25) is 0 Å². The number of benzene rings is 1. The number of anilines is 1. The van der Waals surface area contributed by atoms with Gasteiger partial charge in [0, 0.05) is 0 Å². The lowest BCUT2D eigenvalue weighted by Crippen LogP contribution is -2.31. The number of nitrogens with zero attached hydrogens (tertiary/aromatic N) is 2. The second-order valence-corrected chi connectivity index (χ2v) is 9.21. The molecule has 3 heterocycles. The minimum absolute atomic E-state index is 0.0494. The summed E-state index contributed by atoms with van der Waals surface area (Å²) < 4.78 is 10.7. The zero-order valence-corrected chi connectivity index (χ0v) is 20.4. The number of thiophene rings is 1. The number of carbonyl (C=O) groups excluding carboxylic acids is 3. The molecule has 0 saturated carbocycles. The van der Waals surface area contributed by atoms with Gasteiger partial charge >= 0.3 is 5.97 Å². The summed E-state index contributed by atoms with van der Waals surface area (Å²) in [6.45, 7) is 5.83. The van der Waals surface area contributed by atoms with E-state index < -0.39 is 29.5 Å². The Hall–Kier alpha value is -3.50. The number of thiazole rings is 1. The predicted molar refractivity (Wildman–Crippen MR) is 129 cm³/mol. The third-order valence-corrected chi connectivity index (χ3v) is 7.14. The van der Waals surface area contributed by atoms with Gasteiger partial charge < -0.3 is 14.6 Å². The summed E-state index contributed by atoms with van der Waals surface area (Å²) in [6.07, 6.45) is 0. The fourth-order valence-electron chi connectivity index (χ4n) is 3.70. The third-order valence-electron chi connectivity index (χ3n) is 5.13. The van der Waals surface area contributed by atoms with Crippen molar-refractivity contribution in [3.8, 4) is 5.75 Å². The first-order chi connectivity index (χ1) is 16.4. The van der Waals surface area contributed by atoms with E-state index in [0.717, 1.165) is 11.3 Å². The van der Waals surface area contributed by atoms with Crippen molar-refractivity contribution in [1.29, 1.82) is 0 Å². The molecule has 1 aromatic carbocycles. The molecule has 8 nitrogen and oxygen atoms in total. The van der Waals surface area contributed by atoms with Gasteiger partial charge in [0.15, 0.2) is 10.9 Å². The predicted octanol–water partition coefficient (Wildman–Crippen LogP) is 4.87. The molecule has 0 spiro atoms. The molecule has 1 unspecified atom stereocenters. The van der Waals surface area contributed by atoms with Gasteiger partial charge in [-0.3, -0.25) is 14.5 Å². The molecule has 176 valence electrons. The van der Waals surface area contributed by atoms with Crippen LogP contribution in [-0.4, -0.2) is 41.0 Å². The standard InChI is InChI=1S/C24H22N2O6S2/c1-4-31-15-9-6-8-14(12-15)18-17(19(27)16-10-7-11-33-16)20(28)22(29)26(18)24-25-13(3)21(34-24)23(30)32-5-2/h6-12,18,28H,4-5H2,1-3H3. The molecule has 0 saturated heterocycles. The molecule has 2 aromatic heterocycles. The summed E-state index contributed by atoms with van der Waals surface area (Å²) in [6, 6.07) is 9.41. The molecule has 1 aliphatic rings. The van der Waals surface area contributed by atoms with E-state index in [1.165, 1.54) is 16.2 Å². The zero-order valence-electron chi connectivity index (χ0n) is 18.7. The highest BCUT2D eigenvalue weighted by Crippen LogP contribution is 2.44. The molecule has 0 fully saturated rings. The average Bonchev–Trinajstić information content (AvgIpc) is 3.53. The van der Waals surface area contributed by atoms with Crippen molar-refractivity contribution in [1.82, 2.24) is 4.98 Å². The topological polar surface area (TPSA) is 106 Å². The molecule has 34 heavy (non-hydrogen) atoms. The van der Waals surface area contributed by atoms with Gasteiger partial charge in [-0.1, -0.05) is 29.5 Å². The molecule has 1 atom stereocenters. The van der Waals surface area contributed by atoms with E-state index in [2.05, 4.69) is 4.98 Å². The number of aryl methyl sites for hydroxylation is 1. The number of ketones is 1. The Morgan fingerprint density at radius 1 is 1.18 bits per heavy atom. The van der Waals surface area contributed by atoms with Gasteiger partial charge in [-0.2, -0.15) is 0 Å². The van der Waals surface area contributed by atoms with Crippen LogP contribution >= 0.6 is 22.7 Å². The Morgan fingerprint density at radius 3 is 2.65 bits per heavy atom. The minimum Gasteiger partial charge on any atom is -0.503 e. The fourth-order valence-corrected chi connectivity index (χ4v) is 5.37. The van der Waals surface area contributed by atoms with Crippen LogP contribution in [0.1, 0.15) is 50.5 Å². The van der Waals surface area contributed by atoms with Crippen LogP contribution in [-0.2, 0) is 9.53 Å². The van der Waals surface area contributed by atoms with Gasteiger partial charge in [-0.25, -0.2) is 9.78 Å². The third kappa shape index (κ3) is 4.22. The molecule has 1 aliphatic heterocycles. The number of aliphatic hydroxyl groups is 1. The number of carbonyl (C=O) groups is 3. The number of Topliss-reactive ketones (excluding diaryl/α,β-unsaturated/α-hetero) is 1. The summed E-state index contributed by atoms with van der Waals surface area (Å²) in [5, 5.41) is 12.8. The van der Waals surface area contributed by atoms with Crippen LogP contribution < -0.4 is 9.64 Å². The highest BCUT2D eigenvalue weighted by Gasteiger charge is 2.46. The molecule has 10 heteroatoms. The minimum atomic E-state index is -0.955. The maximum Gasteiger partial charge on any atom is 0.350 e. The smallest absolute Gasteiger partial charge is 0.350 e. The van der Waals surface area contributed by atoms with Crippen LogP contribution in [0.25, 0.3) is 0 Å². The molecular formula is C24H22N2O6S2. The number of ether oxygens (including phenoxy) is 2. The monoisotopic (exact) mass is 498 g/mol. The summed E-state index contributed by atoms with van der Waals surface area (Å²) in [5.74, 6) is -1.85. The number of aromatic nitrogens is 1. The van der Waals surface area contributed by atoms with Gasteiger partial charge in [-0.15, -0.1) is 11.3 Å². The normalized spacial score (nSPS) is 15.7. The van der Waals surface area contributed by atoms with Crippen LogP contribution in [0.15, 0.2) is 53.1 Å². The number of amides is 1. The van der Waals surface area contributed by atoms with E-state index >= 15 is 0 Å². The van der Waals surface area contributed by atoms with Gasteiger partial charge in [0.2, 0.25) is 5.78 Å². The van der Waals surface area contributed by atoms with Crippen molar-refractivity contribution in [2.24, 2.45) is 0 Å². The van der Waals surface area contributed by atoms with Gasteiger partial charge in [0.05, 0.1) is 35.4 Å². The summed E-state index contributed by atoms with van der Waals surface area (Å²) >= 11 is 2.20. The highest BCUT2D eigenvalue weighted by atomic mass is 32.1. The van der Waals surface area contributed by atoms with Crippen molar-refractivity contribution in [2.75, 3.05) is 18.1 Å². The van der Waals surface area contributed by atoms with Crippen molar-refractivity contribution in [3.63, 3.8) is 0 Å². The molecule has 0 bridgehead atoms. The first kappa shape index (κ1) is 23.7. The Labute approximate surface area is 204 Å². The molecular weight excluding hydrogens is 476 g/mol. The number of aliphatic hydroxyl groups excluding tert-OH is 1. The molecule has 1 amide bonds. The largest absolute Gasteiger partial charge is 0.503 e. The molecule has 3 aromatic rings. The Balaban J connectivity index is 1.85. The van der Waals surface area contributed by atoms with Gasteiger partial charge in [-0.05, 0) is 49.9 Å². The molecule has 0 aliphatic carbocycles. The van der Waals surface area contributed by atoms with Crippen molar-refractivity contribution >= 4 is 45.5 Å². The SMILES string of the molecule is CCOC(=O)c1sc(N2C(=O)C(O)=C(C(=O)c3cccs3)C2c2cccc(OCC)c2)nc1C. The summed E-state index contributed by atoms with van der Waals surface area (Å²) in [5.41, 5.74) is 0.908. The first-order valence-electron chi connectivity index (χ1n) is 10.6. The Kier molecular flexibility index (Phi) is 6.80. The van der Waals surface area contributed by atoms with Gasteiger partial charge in [0.25, 0.3) is 5.91 Å². The maximum atomic E-state index is 13.4. The maximum absolute atomic E-state index is 13.4. The van der Waals surface area contributed by atoms with E-state index in [4.69, 9.17) is 9.47 Å². The summed E-state index contributed by atoms with van der Waals surface area (Å²) in [4.78, 5) is 45.3. The molecule has 0 radical (unpaired) electrons. The van der Waals surface area contributed by atoms with E-state index in [9.17, 15) is 19.5 Å². The van der Waals surface area contributed by atoms with E-state index in [1.807, 2.05) is 6.92 Å². The second-order valence-electron chi connectivity index (χ2n) is 7.28. The van der Waals surface area contributed by atoms with E-state index in [0.29, 0.717) is 28.5 Å². The van der Waals surface area contributed by atoms with Crippen LogP contribution in [0.3, 0.4) is 0 Å². The lowest BCUT2D eigenvalue weighted by Gasteiger charge is -2.24. The van der Waals surface area contributed by atoms with Crippen LogP contribution in [0.4, 0.5) is 5.13 Å². The Bertz CT molecular complexity index is 1280. The van der Waals surface area contributed by atoms with Crippen molar-refractivity contribution in [2.45, 2.75) is 26.8 Å². The second kappa shape index (κ2) is 9.78. The number of hydrogen-bond acceptors (Lipinski definition) is 9. The van der Waals surface area contributed by atoms with Crippen molar-refractivity contribution < 1.29 is 29.0 Å². The number of hydrogen-bond donors (Lipinski definition) is 1. The van der Waals surface area contributed by atoms with E-state index in [-0.39, 0.29) is 22.2 Å². The first-order valence-corrected chi connectivity index (χ1v) is 12.3. The number of esters is 1. The molecule has 1 N–H and O–H groups in total. The van der Waals surface area contributed by atoms with E-state index in [1.54, 1.807) is 55.6 Å².